The smallest absolute Gasteiger partial charge is 0.328 e. The summed E-state index contributed by atoms with van der Waals surface area (Å²) in [6, 6.07) is 13.5. The van der Waals surface area contributed by atoms with Crippen LogP contribution in [-0.4, -0.2) is 23.0 Å². The van der Waals surface area contributed by atoms with Crippen molar-refractivity contribution in [1.29, 1.82) is 0 Å². The van der Waals surface area contributed by atoms with Gasteiger partial charge in [0.2, 0.25) is 0 Å². The second-order valence-corrected chi connectivity index (χ2v) is 10.7. The van der Waals surface area contributed by atoms with E-state index in [4.69, 9.17) is 14.6 Å². The fraction of sp³-hybridized carbons (Fsp3) is 0.275. The van der Waals surface area contributed by atoms with Gasteiger partial charge in [-0.3, -0.25) is 9.59 Å². The van der Waals surface area contributed by atoms with Gasteiger partial charge in [0.1, 0.15) is 11.5 Å². The summed E-state index contributed by atoms with van der Waals surface area (Å²) in [4.78, 5) is 33.1. The normalized spacial score (nSPS) is 12.2. The zero-order valence-electron chi connectivity index (χ0n) is 27.0. The molecule has 1 N–H and O–H groups in total. The molecule has 0 aliphatic heterocycles. The summed E-state index contributed by atoms with van der Waals surface area (Å²) in [5.74, 6) is -1.17. The standard InChI is InChI=1S/C40H46O6/c1-33(41)45-38-30-37(31-39(32-38)46-34(2)42)29-28-36-26-24-35(25-27-36)22-20-18-16-14-12-10-8-6-4-3-5-7-9-11-13-15-17-19-21-23-40(43)44/h3-5,7,9,11,13,15,17,19,21,23-32H,6,8,10,12,14,16,18,20,22H2,1-2H3,(H,43,44)/b4-3+,7-5+,11-9+,15-13+,19-17+,23-21+,29-28+. The molecule has 0 aromatic heterocycles. The van der Waals surface area contributed by atoms with Gasteiger partial charge >= 0.3 is 17.9 Å². The Morgan fingerprint density at radius 1 is 0.587 bits per heavy atom. The van der Waals surface area contributed by atoms with E-state index in [9.17, 15) is 14.4 Å². The predicted molar refractivity (Wildman–Crippen MR) is 188 cm³/mol. The Bertz CT molecular complexity index is 1400. The van der Waals surface area contributed by atoms with Gasteiger partial charge in [-0.25, -0.2) is 4.79 Å². The second-order valence-electron chi connectivity index (χ2n) is 10.7. The number of rotatable bonds is 20. The average Bonchev–Trinajstić information content (AvgIpc) is 3.00. The maximum atomic E-state index is 11.4. The summed E-state index contributed by atoms with van der Waals surface area (Å²) >= 11 is 0. The molecule has 6 nitrogen and oxygen atoms in total. The van der Waals surface area contributed by atoms with Crippen molar-refractivity contribution in [2.45, 2.75) is 71.6 Å². The highest BCUT2D eigenvalue weighted by molar-refractivity contribution is 5.80. The van der Waals surface area contributed by atoms with Crippen molar-refractivity contribution in [3.05, 3.63) is 132 Å². The minimum atomic E-state index is -0.953. The molecule has 0 saturated carbocycles. The quantitative estimate of drug-likeness (QED) is 0.0395. The zero-order valence-corrected chi connectivity index (χ0v) is 27.0. The first-order valence-corrected chi connectivity index (χ1v) is 15.8. The summed E-state index contributed by atoms with van der Waals surface area (Å²) < 4.78 is 10.4. The Kier molecular flexibility index (Phi) is 18.9. The Balaban J connectivity index is 1.57. The van der Waals surface area contributed by atoms with Crippen LogP contribution in [0.15, 0.2) is 115 Å². The van der Waals surface area contributed by atoms with Crippen molar-refractivity contribution >= 4 is 30.1 Å². The number of benzene rings is 2. The summed E-state index contributed by atoms with van der Waals surface area (Å²) in [7, 11) is 0. The van der Waals surface area contributed by atoms with Crippen molar-refractivity contribution < 1.29 is 29.0 Å². The topological polar surface area (TPSA) is 89.9 Å². The van der Waals surface area contributed by atoms with E-state index in [-0.39, 0.29) is 0 Å². The second kappa shape index (κ2) is 23.4. The molecule has 2 aromatic carbocycles. The fourth-order valence-electron chi connectivity index (χ4n) is 4.43. The number of aliphatic carboxylic acids is 1. The van der Waals surface area contributed by atoms with Crippen LogP contribution < -0.4 is 9.47 Å². The Hall–Kier alpha value is -4.97. The molecule has 0 bridgehead atoms. The number of allylic oxidation sites excluding steroid dienone is 11. The first-order valence-electron chi connectivity index (χ1n) is 15.8. The molecule has 0 spiro atoms. The maximum Gasteiger partial charge on any atom is 0.328 e. The van der Waals surface area contributed by atoms with Crippen LogP contribution in [0.4, 0.5) is 0 Å². The summed E-state index contributed by atoms with van der Waals surface area (Å²) in [6.07, 6.45) is 36.8. The molecule has 2 aromatic rings. The van der Waals surface area contributed by atoms with Gasteiger partial charge < -0.3 is 14.6 Å². The highest BCUT2D eigenvalue weighted by atomic mass is 16.5. The van der Waals surface area contributed by atoms with Gasteiger partial charge in [0.05, 0.1) is 0 Å². The van der Waals surface area contributed by atoms with Crippen molar-refractivity contribution in [2.24, 2.45) is 0 Å². The van der Waals surface area contributed by atoms with Gasteiger partial charge in [0.25, 0.3) is 0 Å². The molecule has 0 heterocycles. The van der Waals surface area contributed by atoms with Gasteiger partial charge in [-0.1, -0.05) is 135 Å². The van der Waals surface area contributed by atoms with E-state index in [1.165, 1.54) is 76.5 Å². The van der Waals surface area contributed by atoms with Gasteiger partial charge in [-0.2, -0.15) is 0 Å². The molecule has 0 unspecified atom stereocenters. The van der Waals surface area contributed by atoms with Crippen molar-refractivity contribution in [3.8, 4) is 11.5 Å². The Morgan fingerprint density at radius 2 is 1.07 bits per heavy atom. The van der Waals surface area contributed by atoms with Crippen molar-refractivity contribution in [3.63, 3.8) is 0 Å². The first kappa shape index (κ1) is 37.2. The van der Waals surface area contributed by atoms with Gasteiger partial charge in [0.15, 0.2) is 0 Å². The molecule has 0 radical (unpaired) electrons. The number of aryl methyl sites for hydroxylation is 1. The Morgan fingerprint density at radius 3 is 1.61 bits per heavy atom. The van der Waals surface area contributed by atoms with Crippen LogP contribution in [0, 0.1) is 0 Å². The van der Waals surface area contributed by atoms with Crippen LogP contribution >= 0.6 is 0 Å². The van der Waals surface area contributed by atoms with Crippen LogP contribution in [0.5, 0.6) is 11.5 Å². The van der Waals surface area contributed by atoms with Gasteiger partial charge in [0, 0.05) is 26.0 Å². The van der Waals surface area contributed by atoms with Crippen molar-refractivity contribution in [1.82, 2.24) is 0 Å². The molecule has 0 aliphatic carbocycles. The number of carboxylic acid groups (broad SMARTS) is 1. The van der Waals surface area contributed by atoms with E-state index in [1.807, 2.05) is 48.6 Å². The van der Waals surface area contributed by atoms with E-state index in [1.54, 1.807) is 24.3 Å². The average molecular weight is 623 g/mol. The van der Waals surface area contributed by atoms with E-state index in [2.05, 4.69) is 36.4 Å². The first-order chi connectivity index (χ1) is 22.3. The molecule has 46 heavy (non-hydrogen) atoms. The van der Waals surface area contributed by atoms with E-state index >= 15 is 0 Å². The number of hydrogen-bond acceptors (Lipinski definition) is 5. The third-order valence-corrected chi connectivity index (χ3v) is 6.58. The van der Waals surface area contributed by atoms with E-state index in [0.717, 1.165) is 30.0 Å². The lowest BCUT2D eigenvalue weighted by Crippen LogP contribution is -2.04. The number of carbonyl (C=O) groups is 3. The summed E-state index contributed by atoms with van der Waals surface area (Å²) in [6.45, 7) is 2.66. The molecule has 0 fully saturated rings. The molecule has 0 aliphatic rings. The molecule has 0 saturated heterocycles. The summed E-state index contributed by atoms with van der Waals surface area (Å²) in [5.41, 5.74) is 3.15. The zero-order chi connectivity index (χ0) is 33.2. The number of ether oxygens (including phenoxy) is 2. The third kappa shape index (κ3) is 19.3. The SMILES string of the molecule is CC(=O)Oc1cc(/C=C/c2ccc(CCCCCCCCC/C=C/C=C/C=C/C=C/C=C/C=C/C(=O)O)cc2)cc(OC(C)=O)c1. The molecule has 2 rings (SSSR count). The fourth-order valence-corrected chi connectivity index (χ4v) is 4.43. The van der Waals surface area contributed by atoms with E-state index in [0.29, 0.717) is 11.5 Å². The van der Waals surface area contributed by atoms with Crippen LogP contribution in [0.2, 0.25) is 0 Å². The van der Waals surface area contributed by atoms with Crippen LogP contribution in [0.3, 0.4) is 0 Å². The molecular weight excluding hydrogens is 576 g/mol. The number of hydrogen-bond donors (Lipinski definition) is 1. The van der Waals surface area contributed by atoms with Crippen LogP contribution in [-0.2, 0) is 20.8 Å². The molecular formula is C40H46O6. The van der Waals surface area contributed by atoms with Crippen LogP contribution in [0.25, 0.3) is 12.2 Å². The molecule has 6 heteroatoms. The minimum Gasteiger partial charge on any atom is -0.478 e. The van der Waals surface area contributed by atoms with Gasteiger partial charge in [-0.15, -0.1) is 0 Å². The largest absolute Gasteiger partial charge is 0.478 e. The maximum absolute atomic E-state index is 11.4. The lowest BCUT2D eigenvalue weighted by atomic mass is 10.0. The number of carboxylic acids is 1. The molecule has 242 valence electrons. The summed E-state index contributed by atoms with van der Waals surface area (Å²) in [5, 5.41) is 8.49. The number of carbonyl (C=O) groups excluding carboxylic acids is 2. The Labute approximate surface area is 273 Å². The highest BCUT2D eigenvalue weighted by Gasteiger charge is 2.06. The monoisotopic (exact) mass is 622 g/mol. The lowest BCUT2D eigenvalue weighted by molar-refractivity contribution is -0.132. The van der Waals surface area contributed by atoms with Gasteiger partial charge in [-0.05, 0) is 54.5 Å². The minimum absolute atomic E-state index is 0.328. The highest BCUT2D eigenvalue weighted by Crippen LogP contribution is 2.25. The number of unbranched alkanes of at least 4 members (excludes halogenated alkanes) is 7. The lowest BCUT2D eigenvalue weighted by Gasteiger charge is -2.07. The van der Waals surface area contributed by atoms with E-state index < -0.39 is 17.9 Å². The third-order valence-electron chi connectivity index (χ3n) is 6.58. The number of esters is 2. The molecule has 0 atom stereocenters. The predicted octanol–water partition coefficient (Wildman–Crippen LogP) is 9.79. The van der Waals surface area contributed by atoms with Crippen LogP contribution in [0.1, 0.15) is 81.9 Å². The molecule has 0 amide bonds. The van der Waals surface area contributed by atoms with Crippen molar-refractivity contribution in [2.75, 3.05) is 0 Å².